The number of nitrogens with two attached hydrogens (primary N) is 1. The number of thioether (sulfide) groups is 1. The number of aromatic nitrogens is 3. The van der Waals surface area contributed by atoms with E-state index in [-0.39, 0.29) is 5.41 Å². The van der Waals surface area contributed by atoms with Crippen molar-refractivity contribution in [3.05, 3.63) is 6.33 Å². The Morgan fingerprint density at radius 3 is 3.00 bits per heavy atom. The van der Waals surface area contributed by atoms with E-state index < -0.39 is 0 Å². The molecule has 2 rings (SSSR count). The summed E-state index contributed by atoms with van der Waals surface area (Å²) in [5.74, 6) is 6.28. The summed E-state index contributed by atoms with van der Waals surface area (Å²) in [5, 5.41) is 17.0. The van der Waals surface area contributed by atoms with Crippen LogP contribution in [0.3, 0.4) is 0 Å². The molecule has 1 aliphatic carbocycles. The highest BCUT2D eigenvalue weighted by Gasteiger charge is 2.43. The molecule has 0 saturated heterocycles. The van der Waals surface area contributed by atoms with E-state index >= 15 is 0 Å². The summed E-state index contributed by atoms with van der Waals surface area (Å²) in [4.78, 5) is 0. The predicted octanol–water partition coefficient (Wildman–Crippen LogP) is 0.388. The van der Waals surface area contributed by atoms with Gasteiger partial charge >= 0.3 is 0 Å². The average Bonchev–Trinajstić information content (AvgIpc) is 2.82. The van der Waals surface area contributed by atoms with Gasteiger partial charge in [-0.1, -0.05) is 11.8 Å². The number of nitrogens with zero attached hydrogens (tertiary/aromatic N) is 4. The first kappa shape index (κ1) is 8.38. The maximum atomic E-state index is 8.82. The van der Waals surface area contributed by atoms with E-state index in [4.69, 9.17) is 11.1 Å². The van der Waals surface area contributed by atoms with Gasteiger partial charge in [-0.05, 0) is 12.8 Å². The summed E-state index contributed by atoms with van der Waals surface area (Å²) in [5.41, 5.74) is -0.114. The van der Waals surface area contributed by atoms with Crippen molar-refractivity contribution in [1.29, 1.82) is 5.26 Å². The first-order valence-electron chi connectivity index (χ1n) is 3.95. The highest BCUT2D eigenvalue weighted by atomic mass is 32.2. The lowest BCUT2D eigenvalue weighted by atomic mass is 10.2. The molecule has 0 unspecified atom stereocenters. The van der Waals surface area contributed by atoms with Crippen molar-refractivity contribution in [3.63, 3.8) is 0 Å². The maximum absolute atomic E-state index is 8.82. The number of rotatable bonds is 3. The lowest BCUT2D eigenvalue weighted by Gasteiger charge is -2.02. The van der Waals surface area contributed by atoms with Gasteiger partial charge in [-0.2, -0.15) is 5.26 Å². The van der Waals surface area contributed by atoms with Gasteiger partial charge in [0.15, 0.2) is 0 Å². The minimum Gasteiger partial charge on any atom is -0.336 e. The first-order chi connectivity index (χ1) is 6.26. The SMILES string of the molecule is N#CC1(CSc2nncn2N)CC1. The Kier molecular flexibility index (Phi) is 1.88. The Balaban J connectivity index is 1.94. The van der Waals surface area contributed by atoms with Gasteiger partial charge in [0.25, 0.3) is 0 Å². The molecule has 0 spiro atoms. The van der Waals surface area contributed by atoms with Crippen molar-refractivity contribution in [1.82, 2.24) is 14.9 Å². The second kappa shape index (κ2) is 2.92. The average molecular weight is 195 g/mol. The molecule has 0 aromatic carbocycles. The first-order valence-corrected chi connectivity index (χ1v) is 4.93. The fourth-order valence-electron chi connectivity index (χ4n) is 0.977. The van der Waals surface area contributed by atoms with Crippen LogP contribution in [0, 0.1) is 16.7 Å². The molecule has 1 aromatic heterocycles. The summed E-state index contributed by atoms with van der Waals surface area (Å²) in [6.45, 7) is 0. The summed E-state index contributed by atoms with van der Waals surface area (Å²) in [7, 11) is 0. The van der Waals surface area contributed by atoms with Gasteiger partial charge in [0.1, 0.15) is 6.33 Å². The molecule has 0 bridgehead atoms. The number of nitriles is 1. The van der Waals surface area contributed by atoms with Crippen LogP contribution in [0.25, 0.3) is 0 Å². The number of nitrogen functional groups attached to an aromatic ring is 1. The molecule has 0 radical (unpaired) electrons. The van der Waals surface area contributed by atoms with Crippen LogP contribution in [0.4, 0.5) is 0 Å². The van der Waals surface area contributed by atoms with Gasteiger partial charge in [-0.3, -0.25) is 0 Å². The fraction of sp³-hybridized carbons (Fsp3) is 0.571. The van der Waals surface area contributed by atoms with E-state index in [1.165, 1.54) is 22.8 Å². The molecule has 5 nitrogen and oxygen atoms in total. The van der Waals surface area contributed by atoms with Crippen molar-refractivity contribution in [2.75, 3.05) is 11.6 Å². The fourth-order valence-corrected chi connectivity index (χ4v) is 2.04. The van der Waals surface area contributed by atoms with Crippen LogP contribution < -0.4 is 5.84 Å². The summed E-state index contributed by atoms with van der Waals surface area (Å²) in [6.07, 6.45) is 3.44. The highest BCUT2D eigenvalue weighted by molar-refractivity contribution is 7.99. The molecule has 1 aliphatic rings. The summed E-state index contributed by atoms with van der Waals surface area (Å²) < 4.78 is 1.37. The second-order valence-corrected chi connectivity index (χ2v) is 4.14. The van der Waals surface area contributed by atoms with E-state index in [2.05, 4.69) is 16.3 Å². The second-order valence-electron chi connectivity index (χ2n) is 3.20. The van der Waals surface area contributed by atoms with Crippen LogP contribution in [0.1, 0.15) is 12.8 Å². The van der Waals surface area contributed by atoms with Crippen LogP contribution in [0.5, 0.6) is 0 Å². The molecule has 1 aromatic rings. The molecule has 6 heteroatoms. The minimum absolute atomic E-state index is 0.114. The van der Waals surface area contributed by atoms with E-state index in [0.717, 1.165) is 18.6 Å². The molecule has 68 valence electrons. The minimum atomic E-state index is -0.114. The number of hydrogen-bond donors (Lipinski definition) is 1. The smallest absolute Gasteiger partial charge is 0.209 e. The van der Waals surface area contributed by atoms with Crippen LogP contribution in [0.2, 0.25) is 0 Å². The lowest BCUT2D eigenvalue weighted by Crippen LogP contribution is -2.09. The van der Waals surface area contributed by atoms with Gasteiger partial charge in [0.2, 0.25) is 5.16 Å². The molecule has 1 saturated carbocycles. The zero-order valence-electron chi connectivity index (χ0n) is 6.97. The van der Waals surface area contributed by atoms with Crippen molar-refractivity contribution >= 4 is 11.8 Å². The van der Waals surface area contributed by atoms with Crippen molar-refractivity contribution < 1.29 is 0 Å². The standard InChI is InChI=1S/C7H9N5S/c8-3-7(1-2-7)4-13-6-11-10-5-12(6)9/h5H,1-2,4,9H2. The van der Waals surface area contributed by atoms with Gasteiger partial charge in [0, 0.05) is 5.75 Å². The topological polar surface area (TPSA) is 80.5 Å². The third-order valence-corrected chi connectivity index (χ3v) is 3.36. The van der Waals surface area contributed by atoms with Crippen LogP contribution in [-0.2, 0) is 0 Å². The highest BCUT2D eigenvalue weighted by Crippen LogP contribution is 2.48. The maximum Gasteiger partial charge on any atom is 0.209 e. The van der Waals surface area contributed by atoms with Gasteiger partial charge < -0.3 is 5.84 Å². The molecular formula is C7H9N5S. The molecule has 0 amide bonds. The molecule has 1 heterocycles. The van der Waals surface area contributed by atoms with Gasteiger partial charge in [-0.15, -0.1) is 10.2 Å². The Morgan fingerprint density at radius 1 is 1.77 bits per heavy atom. The van der Waals surface area contributed by atoms with Crippen molar-refractivity contribution in [3.8, 4) is 6.07 Å². The predicted molar refractivity (Wildman–Crippen MR) is 48.2 cm³/mol. The molecule has 1 fully saturated rings. The Hall–Kier alpha value is -1.22. The summed E-state index contributed by atoms with van der Waals surface area (Å²) in [6, 6.07) is 2.32. The third-order valence-electron chi connectivity index (χ3n) is 2.11. The Bertz CT molecular complexity index is 348. The quantitative estimate of drug-likeness (QED) is 0.557. The summed E-state index contributed by atoms with van der Waals surface area (Å²) >= 11 is 1.49. The zero-order valence-corrected chi connectivity index (χ0v) is 7.79. The van der Waals surface area contributed by atoms with Crippen LogP contribution >= 0.6 is 11.8 Å². The largest absolute Gasteiger partial charge is 0.336 e. The molecule has 2 N–H and O–H groups in total. The molecule has 0 aliphatic heterocycles. The third kappa shape index (κ3) is 1.60. The van der Waals surface area contributed by atoms with E-state index in [0.29, 0.717) is 5.16 Å². The molecule has 13 heavy (non-hydrogen) atoms. The molecule has 0 atom stereocenters. The Morgan fingerprint density at radius 2 is 2.54 bits per heavy atom. The molecular weight excluding hydrogens is 186 g/mol. The van der Waals surface area contributed by atoms with Crippen molar-refractivity contribution in [2.45, 2.75) is 18.0 Å². The van der Waals surface area contributed by atoms with E-state index in [1.807, 2.05) is 0 Å². The lowest BCUT2D eigenvalue weighted by molar-refractivity contribution is 0.772. The normalized spacial score (nSPS) is 18.1. The zero-order chi connectivity index (χ0) is 9.31. The van der Waals surface area contributed by atoms with Crippen LogP contribution in [-0.4, -0.2) is 20.6 Å². The van der Waals surface area contributed by atoms with E-state index in [9.17, 15) is 0 Å². The monoisotopic (exact) mass is 195 g/mol. The van der Waals surface area contributed by atoms with Gasteiger partial charge in [-0.25, -0.2) is 4.68 Å². The van der Waals surface area contributed by atoms with Crippen LogP contribution in [0.15, 0.2) is 11.5 Å². The Labute approximate surface area is 79.9 Å². The van der Waals surface area contributed by atoms with Crippen molar-refractivity contribution in [2.24, 2.45) is 5.41 Å². The van der Waals surface area contributed by atoms with E-state index in [1.54, 1.807) is 0 Å². The van der Waals surface area contributed by atoms with Gasteiger partial charge in [0.05, 0.1) is 11.5 Å². The number of hydrogen-bond acceptors (Lipinski definition) is 5.